The molecule has 0 aliphatic heterocycles. The van der Waals surface area contributed by atoms with Gasteiger partial charge in [0, 0.05) is 0 Å². The number of hydrogen-bond donors (Lipinski definition) is 0. The van der Waals surface area contributed by atoms with Crippen molar-refractivity contribution in [3.63, 3.8) is 0 Å². The molecule has 1 aliphatic carbocycles. The Kier molecular flexibility index (Phi) is 3.57. The van der Waals surface area contributed by atoms with E-state index in [2.05, 4.69) is 0 Å². The molecule has 0 aromatic heterocycles. The largest absolute Gasteiger partial charge is 0.246 e. The second kappa shape index (κ2) is 4.94. The van der Waals surface area contributed by atoms with Crippen molar-refractivity contribution in [2.75, 3.05) is 0 Å². The maximum Gasteiger partial charge on any atom is 0.126 e. The summed E-state index contributed by atoms with van der Waals surface area (Å²) in [5.41, 5.74) is 1.97. The lowest BCUT2D eigenvalue weighted by molar-refractivity contribution is 0.438. The van der Waals surface area contributed by atoms with Crippen LogP contribution < -0.4 is 0 Å². The summed E-state index contributed by atoms with van der Waals surface area (Å²) >= 11 is 0. The van der Waals surface area contributed by atoms with Crippen LogP contribution in [-0.2, 0) is 6.67 Å². The first-order chi connectivity index (χ1) is 7.72. The molecule has 0 radical (unpaired) electrons. The Bertz CT molecular complexity index is 365. The highest BCUT2D eigenvalue weighted by Crippen LogP contribution is 2.34. The molecule has 0 spiro atoms. The Hall–Kier alpha value is -0.920. The molecular formula is C14H18F2. The second-order valence-electron chi connectivity index (χ2n) is 4.76. The van der Waals surface area contributed by atoms with Gasteiger partial charge in [-0.05, 0) is 48.4 Å². The summed E-state index contributed by atoms with van der Waals surface area (Å²) < 4.78 is 26.4. The van der Waals surface area contributed by atoms with Crippen molar-refractivity contribution in [1.82, 2.24) is 0 Å². The minimum Gasteiger partial charge on any atom is -0.246 e. The molecular weight excluding hydrogens is 206 g/mol. The third-order valence-corrected chi connectivity index (χ3v) is 3.69. The predicted octanol–water partition coefficient (Wildman–Crippen LogP) is 4.65. The van der Waals surface area contributed by atoms with E-state index in [9.17, 15) is 8.78 Å². The molecule has 2 rings (SSSR count). The van der Waals surface area contributed by atoms with Gasteiger partial charge in [-0.25, -0.2) is 8.78 Å². The molecule has 1 fully saturated rings. The molecule has 88 valence electrons. The molecule has 0 nitrogen and oxygen atoms in total. The van der Waals surface area contributed by atoms with Crippen molar-refractivity contribution in [1.29, 1.82) is 0 Å². The van der Waals surface area contributed by atoms with E-state index in [0.29, 0.717) is 17.0 Å². The molecule has 1 aromatic rings. The first-order valence-corrected chi connectivity index (χ1v) is 6.07. The van der Waals surface area contributed by atoms with E-state index in [-0.39, 0.29) is 5.82 Å². The van der Waals surface area contributed by atoms with Gasteiger partial charge in [0.05, 0.1) is 0 Å². The Balaban J connectivity index is 2.29. The van der Waals surface area contributed by atoms with Gasteiger partial charge in [0.2, 0.25) is 0 Å². The van der Waals surface area contributed by atoms with Crippen molar-refractivity contribution < 1.29 is 8.78 Å². The van der Waals surface area contributed by atoms with Crippen LogP contribution in [0.2, 0.25) is 0 Å². The van der Waals surface area contributed by atoms with Crippen molar-refractivity contribution in [3.05, 3.63) is 34.6 Å². The summed E-state index contributed by atoms with van der Waals surface area (Å²) in [4.78, 5) is 0. The number of halogens is 2. The normalized spacial score (nSPS) is 17.7. The summed E-state index contributed by atoms with van der Waals surface area (Å²) in [6.07, 6.45) is 5.94. The molecule has 2 heteroatoms. The fourth-order valence-corrected chi connectivity index (χ4v) is 2.57. The van der Waals surface area contributed by atoms with Gasteiger partial charge in [0.25, 0.3) is 0 Å². The van der Waals surface area contributed by atoms with Crippen molar-refractivity contribution in [2.24, 2.45) is 0 Å². The van der Waals surface area contributed by atoms with Crippen LogP contribution in [-0.4, -0.2) is 0 Å². The van der Waals surface area contributed by atoms with Crippen LogP contribution in [0.25, 0.3) is 0 Å². The monoisotopic (exact) mass is 224 g/mol. The van der Waals surface area contributed by atoms with Gasteiger partial charge in [-0.15, -0.1) is 0 Å². The van der Waals surface area contributed by atoms with E-state index >= 15 is 0 Å². The first-order valence-electron chi connectivity index (χ1n) is 6.07. The zero-order chi connectivity index (χ0) is 11.5. The summed E-state index contributed by atoms with van der Waals surface area (Å²) in [5.74, 6) is 0.185. The van der Waals surface area contributed by atoms with E-state index in [0.717, 1.165) is 18.4 Å². The summed E-state index contributed by atoms with van der Waals surface area (Å²) in [5, 5.41) is 0. The average molecular weight is 224 g/mol. The van der Waals surface area contributed by atoms with Crippen LogP contribution in [0.5, 0.6) is 0 Å². The minimum atomic E-state index is -0.566. The fourth-order valence-electron chi connectivity index (χ4n) is 2.57. The zero-order valence-electron chi connectivity index (χ0n) is 9.73. The number of hydrogen-bond acceptors (Lipinski definition) is 0. The lowest BCUT2D eigenvalue weighted by Gasteiger charge is -2.23. The lowest BCUT2D eigenvalue weighted by Crippen LogP contribution is -2.06. The van der Waals surface area contributed by atoms with E-state index in [1.165, 1.54) is 19.3 Å². The highest BCUT2D eigenvalue weighted by molar-refractivity contribution is 5.34. The van der Waals surface area contributed by atoms with Crippen LogP contribution in [0.15, 0.2) is 12.1 Å². The molecule has 0 heterocycles. The standard InChI is InChI=1S/C14H18F2/c1-10-13(9-15)7-12(8-14(10)16)11-5-3-2-4-6-11/h7-8,11H,2-6,9H2,1H3. The van der Waals surface area contributed by atoms with Gasteiger partial charge >= 0.3 is 0 Å². The molecule has 16 heavy (non-hydrogen) atoms. The maximum absolute atomic E-state index is 13.6. The Morgan fingerprint density at radius 2 is 1.88 bits per heavy atom. The molecule has 1 aliphatic rings. The second-order valence-corrected chi connectivity index (χ2v) is 4.76. The van der Waals surface area contributed by atoms with Crippen LogP contribution in [0.4, 0.5) is 8.78 Å². The maximum atomic E-state index is 13.6. The van der Waals surface area contributed by atoms with Crippen LogP contribution >= 0.6 is 0 Å². The van der Waals surface area contributed by atoms with E-state index < -0.39 is 6.67 Å². The van der Waals surface area contributed by atoms with Crippen LogP contribution in [0.3, 0.4) is 0 Å². The van der Waals surface area contributed by atoms with E-state index in [1.807, 2.05) is 6.07 Å². The van der Waals surface area contributed by atoms with Gasteiger partial charge in [-0.2, -0.15) is 0 Å². The zero-order valence-corrected chi connectivity index (χ0v) is 9.73. The topological polar surface area (TPSA) is 0 Å². The summed E-state index contributed by atoms with van der Waals surface area (Å²) in [7, 11) is 0. The number of benzene rings is 1. The van der Waals surface area contributed by atoms with Crippen molar-refractivity contribution in [3.8, 4) is 0 Å². The molecule has 0 N–H and O–H groups in total. The van der Waals surface area contributed by atoms with Crippen molar-refractivity contribution >= 4 is 0 Å². The third-order valence-electron chi connectivity index (χ3n) is 3.69. The minimum absolute atomic E-state index is 0.254. The highest BCUT2D eigenvalue weighted by atomic mass is 19.1. The smallest absolute Gasteiger partial charge is 0.126 e. The molecule has 1 saturated carbocycles. The first kappa shape index (κ1) is 11.6. The van der Waals surface area contributed by atoms with Crippen LogP contribution in [0, 0.1) is 12.7 Å². The van der Waals surface area contributed by atoms with Gasteiger partial charge in [-0.3, -0.25) is 0 Å². The molecule has 0 amide bonds. The SMILES string of the molecule is Cc1c(F)cc(C2CCCCC2)cc1CF. The molecule has 0 saturated heterocycles. The molecule has 0 unspecified atom stereocenters. The Morgan fingerprint density at radius 1 is 1.19 bits per heavy atom. The number of alkyl halides is 1. The lowest BCUT2D eigenvalue weighted by atomic mass is 9.83. The van der Waals surface area contributed by atoms with E-state index in [4.69, 9.17) is 0 Å². The Labute approximate surface area is 95.7 Å². The highest BCUT2D eigenvalue weighted by Gasteiger charge is 2.18. The van der Waals surface area contributed by atoms with Crippen molar-refractivity contribution in [2.45, 2.75) is 51.6 Å². The predicted molar refractivity (Wildman–Crippen MR) is 61.8 cm³/mol. The quantitative estimate of drug-likeness (QED) is 0.685. The molecule has 1 aromatic carbocycles. The van der Waals surface area contributed by atoms with Gasteiger partial charge in [0.15, 0.2) is 0 Å². The summed E-state index contributed by atoms with van der Waals surface area (Å²) in [6, 6.07) is 3.46. The van der Waals surface area contributed by atoms with Gasteiger partial charge in [-0.1, -0.05) is 25.3 Å². The molecule has 0 atom stereocenters. The number of rotatable bonds is 2. The average Bonchev–Trinajstić information content (AvgIpc) is 2.33. The van der Waals surface area contributed by atoms with Gasteiger partial charge < -0.3 is 0 Å². The Morgan fingerprint density at radius 3 is 2.50 bits per heavy atom. The van der Waals surface area contributed by atoms with Gasteiger partial charge in [0.1, 0.15) is 12.5 Å². The fraction of sp³-hybridized carbons (Fsp3) is 0.571. The third kappa shape index (κ3) is 2.26. The van der Waals surface area contributed by atoms with E-state index in [1.54, 1.807) is 13.0 Å². The molecule has 0 bridgehead atoms. The summed E-state index contributed by atoms with van der Waals surface area (Å²) in [6.45, 7) is 1.08. The van der Waals surface area contributed by atoms with Crippen LogP contribution in [0.1, 0.15) is 54.7 Å².